The molecule has 0 bridgehead atoms. The van der Waals surface area contributed by atoms with Crippen molar-refractivity contribution in [1.82, 2.24) is 24.8 Å². The number of aromatic amines is 1. The van der Waals surface area contributed by atoms with Crippen LogP contribution >= 0.6 is 0 Å². The molecule has 0 aliphatic carbocycles. The van der Waals surface area contributed by atoms with Gasteiger partial charge in [0.1, 0.15) is 30.8 Å². The second kappa shape index (κ2) is 14.8. The number of methoxy groups -OCH3 is 1. The van der Waals surface area contributed by atoms with E-state index in [0.29, 0.717) is 26.2 Å². The smallest absolute Gasteiger partial charge is 0.270 e. The molecule has 3 atom stereocenters. The lowest BCUT2D eigenvalue weighted by Crippen LogP contribution is -2.46. The molecule has 5 aromatic rings. The van der Waals surface area contributed by atoms with Crippen LogP contribution in [0, 0.1) is 0 Å². The second-order valence-corrected chi connectivity index (χ2v) is 12.9. The van der Waals surface area contributed by atoms with E-state index in [1.54, 1.807) is 29.0 Å². The van der Waals surface area contributed by atoms with Gasteiger partial charge in [-0.15, -0.1) is 0 Å². The van der Waals surface area contributed by atoms with Crippen molar-refractivity contribution < 1.29 is 18.9 Å². The van der Waals surface area contributed by atoms with E-state index in [0.717, 1.165) is 60.8 Å². The first-order chi connectivity index (χ1) is 24.4. The van der Waals surface area contributed by atoms with Crippen molar-refractivity contribution in [3.05, 3.63) is 118 Å². The van der Waals surface area contributed by atoms with Gasteiger partial charge in [0.25, 0.3) is 5.56 Å². The minimum atomic E-state index is -1.03. The van der Waals surface area contributed by atoms with Crippen LogP contribution in [-0.4, -0.2) is 77.4 Å². The SMILES string of the molecule is CCC(C)n1[nH]cc(Cc2ccc(N3CCN(c4ccc(OCC5COC(Cn6nccn6)(c6ccc(OC)cc6)O5)cc4)CC3)cc2)c1=O. The molecule has 12 nitrogen and oxygen atoms in total. The molecule has 3 unspecified atom stereocenters. The molecule has 7 rings (SSSR count). The Kier molecular flexibility index (Phi) is 9.90. The van der Waals surface area contributed by atoms with Gasteiger partial charge in [-0.3, -0.25) is 9.48 Å². The lowest BCUT2D eigenvalue weighted by Gasteiger charge is -2.37. The number of benzene rings is 3. The second-order valence-electron chi connectivity index (χ2n) is 12.9. The van der Waals surface area contributed by atoms with Gasteiger partial charge in [-0.1, -0.05) is 19.1 Å². The fourth-order valence-corrected chi connectivity index (χ4v) is 6.60. The Hall–Kier alpha value is -5.07. The maximum absolute atomic E-state index is 12.8. The first kappa shape index (κ1) is 33.4. The maximum Gasteiger partial charge on any atom is 0.270 e. The van der Waals surface area contributed by atoms with Crippen LogP contribution in [0.4, 0.5) is 11.4 Å². The number of H-pyrrole nitrogens is 1. The Morgan fingerprint density at radius 1 is 0.900 bits per heavy atom. The van der Waals surface area contributed by atoms with Crippen LogP contribution < -0.4 is 24.8 Å². The highest BCUT2D eigenvalue weighted by atomic mass is 16.8. The number of hydrogen-bond acceptors (Lipinski definition) is 9. The van der Waals surface area contributed by atoms with Crippen molar-refractivity contribution in [3.63, 3.8) is 0 Å². The highest BCUT2D eigenvalue weighted by Crippen LogP contribution is 2.37. The van der Waals surface area contributed by atoms with E-state index in [-0.39, 0.29) is 17.7 Å². The van der Waals surface area contributed by atoms with Crippen LogP contribution in [0.5, 0.6) is 11.5 Å². The Balaban J connectivity index is 0.899. The van der Waals surface area contributed by atoms with Crippen molar-refractivity contribution in [2.75, 3.05) is 56.3 Å². The molecule has 2 aliphatic heterocycles. The number of rotatable bonds is 13. The topological polar surface area (TPSA) is 112 Å². The monoisotopic (exact) mass is 679 g/mol. The van der Waals surface area contributed by atoms with Crippen LogP contribution in [0.25, 0.3) is 0 Å². The van der Waals surface area contributed by atoms with Crippen LogP contribution in [0.15, 0.2) is 96.2 Å². The van der Waals surface area contributed by atoms with Gasteiger partial charge in [-0.2, -0.15) is 15.0 Å². The van der Waals surface area contributed by atoms with Gasteiger partial charge < -0.3 is 33.8 Å². The molecule has 0 radical (unpaired) electrons. The van der Waals surface area contributed by atoms with Crippen LogP contribution in [0.1, 0.15) is 43.0 Å². The fourth-order valence-electron chi connectivity index (χ4n) is 6.60. The zero-order valence-corrected chi connectivity index (χ0v) is 28.9. The summed E-state index contributed by atoms with van der Waals surface area (Å²) >= 11 is 0. The number of ether oxygens (including phenoxy) is 4. The average Bonchev–Trinajstić information content (AvgIpc) is 3.93. The lowest BCUT2D eigenvalue weighted by molar-refractivity contribution is -0.192. The van der Waals surface area contributed by atoms with E-state index in [4.69, 9.17) is 18.9 Å². The number of nitrogens with zero attached hydrogens (tertiary/aromatic N) is 6. The zero-order chi connectivity index (χ0) is 34.5. The van der Waals surface area contributed by atoms with Crippen molar-refractivity contribution in [3.8, 4) is 11.5 Å². The average molecular weight is 680 g/mol. The molecule has 3 aromatic carbocycles. The molecule has 12 heteroatoms. The fraction of sp³-hybridized carbons (Fsp3) is 0.395. The Labute approximate surface area is 292 Å². The summed E-state index contributed by atoms with van der Waals surface area (Å²) in [5.74, 6) is 0.508. The third-order valence-corrected chi connectivity index (χ3v) is 9.72. The molecule has 2 fully saturated rings. The Morgan fingerprint density at radius 3 is 2.14 bits per heavy atom. The number of aromatic nitrogens is 5. The largest absolute Gasteiger partial charge is 0.497 e. The van der Waals surface area contributed by atoms with Crippen molar-refractivity contribution in [1.29, 1.82) is 0 Å². The Bertz CT molecular complexity index is 1860. The van der Waals surface area contributed by atoms with Gasteiger partial charge in [0.05, 0.1) is 32.2 Å². The molecule has 2 aliphatic rings. The van der Waals surface area contributed by atoms with E-state index in [1.165, 1.54) is 11.4 Å². The molecule has 262 valence electrons. The summed E-state index contributed by atoms with van der Waals surface area (Å²) in [5, 5.41) is 11.7. The predicted molar refractivity (Wildman–Crippen MR) is 191 cm³/mol. The summed E-state index contributed by atoms with van der Waals surface area (Å²) in [6, 6.07) is 24.7. The normalized spacial score (nSPS) is 19.9. The summed E-state index contributed by atoms with van der Waals surface area (Å²) in [6.07, 6.45) is 6.39. The minimum Gasteiger partial charge on any atom is -0.497 e. The third-order valence-electron chi connectivity index (χ3n) is 9.72. The van der Waals surface area contributed by atoms with E-state index in [1.807, 2.05) is 42.6 Å². The first-order valence-electron chi connectivity index (χ1n) is 17.3. The molecule has 4 heterocycles. The predicted octanol–water partition coefficient (Wildman–Crippen LogP) is 5.01. The molecule has 1 N–H and O–H groups in total. The molecule has 2 saturated heterocycles. The highest BCUT2D eigenvalue weighted by Gasteiger charge is 2.44. The molecule has 0 amide bonds. The van der Waals surface area contributed by atoms with Crippen LogP contribution in [-0.2, 0) is 28.2 Å². The highest BCUT2D eigenvalue weighted by molar-refractivity contribution is 5.53. The molecule has 0 spiro atoms. The quantitative estimate of drug-likeness (QED) is 0.184. The van der Waals surface area contributed by atoms with E-state index >= 15 is 0 Å². The van der Waals surface area contributed by atoms with Gasteiger partial charge in [0.2, 0.25) is 5.79 Å². The van der Waals surface area contributed by atoms with Gasteiger partial charge in [-0.05, 0) is 79.6 Å². The van der Waals surface area contributed by atoms with Crippen molar-refractivity contribution in [2.45, 2.75) is 51.2 Å². The molecule has 50 heavy (non-hydrogen) atoms. The van der Waals surface area contributed by atoms with Crippen molar-refractivity contribution in [2.24, 2.45) is 0 Å². The number of nitrogens with one attached hydrogen (secondary N) is 1. The van der Waals surface area contributed by atoms with E-state index in [2.05, 4.69) is 75.3 Å². The molecular formula is C38H45N7O5. The van der Waals surface area contributed by atoms with Gasteiger partial charge >= 0.3 is 0 Å². The summed E-state index contributed by atoms with van der Waals surface area (Å²) in [6.45, 7) is 8.89. The first-order valence-corrected chi connectivity index (χ1v) is 17.3. The Morgan fingerprint density at radius 2 is 1.52 bits per heavy atom. The standard InChI is InChI=1S/C38H45N7O5/c1-4-28(2)45-37(46)30(24-41-45)23-29-5-9-32(10-6-29)42-19-21-43(22-20-42)33-11-15-35(16-12-33)48-25-36-26-49-38(50-36,27-44-39-17-18-40-44)31-7-13-34(47-3)14-8-31/h5-18,24,28,36,41H,4,19-23,25-27H2,1-3H3. The van der Waals surface area contributed by atoms with Crippen molar-refractivity contribution >= 4 is 11.4 Å². The van der Waals surface area contributed by atoms with Crippen LogP contribution in [0.2, 0.25) is 0 Å². The van der Waals surface area contributed by atoms with Gasteiger partial charge in [0.15, 0.2) is 0 Å². The molecule has 0 saturated carbocycles. The number of hydrogen-bond donors (Lipinski definition) is 1. The third kappa shape index (κ3) is 7.26. The number of piperazine rings is 1. The number of anilines is 2. The van der Waals surface area contributed by atoms with E-state index < -0.39 is 5.79 Å². The zero-order valence-electron chi connectivity index (χ0n) is 28.9. The summed E-state index contributed by atoms with van der Waals surface area (Å²) in [4.78, 5) is 19.2. The van der Waals surface area contributed by atoms with Gasteiger partial charge in [0, 0.05) is 61.3 Å². The van der Waals surface area contributed by atoms with E-state index in [9.17, 15) is 4.79 Å². The maximum atomic E-state index is 12.8. The minimum absolute atomic E-state index is 0.0728. The molecule has 2 aromatic heterocycles. The lowest BCUT2D eigenvalue weighted by atomic mass is 10.1. The molecular weight excluding hydrogens is 634 g/mol. The summed E-state index contributed by atoms with van der Waals surface area (Å²) < 4.78 is 26.0. The van der Waals surface area contributed by atoms with Gasteiger partial charge in [-0.25, -0.2) is 0 Å². The summed E-state index contributed by atoms with van der Waals surface area (Å²) in [7, 11) is 1.64. The summed E-state index contributed by atoms with van der Waals surface area (Å²) in [5.41, 5.74) is 5.25. The van der Waals surface area contributed by atoms with Crippen LogP contribution in [0.3, 0.4) is 0 Å².